The van der Waals surface area contributed by atoms with E-state index in [9.17, 15) is 4.79 Å². The number of methoxy groups -OCH3 is 1. The molecule has 0 bridgehead atoms. The third kappa shape index (κ3) is 4.63. The predicted molar refractivity (Wildman–Crippen MR) is 118 cm³/mol. The monoisotopic (exact) mass is 448 g/mol. The van der Waals surface area contributed by atoms with E-state index >= 15 is 0 Å². The summed E-state index contributed by atoms with van der Waals surface area (Å²) >= 11 is 0. The van der Waals surface area contributed by atoms with Gasteiger partial charge in [0.15, 0.2) is 5.69 Å². The third-order valence-electron chi connectivity index (χ3n) is 4.50. The van der Waals surface area contributed by atoms with Gasteiger partial charge in [-0.2, -0.15) is 9.78 Å². The molecule has 0 unspecified atom stereocenters. The first-order chi connectivity index (χ1) is 16.1. The molecular formula is C21H20N8O4. The van der Waals surface area contributed by atoms with Gasteiger partial charge in [0.25, 0.3) is 5.91 Å². The van der Waals surface area contributed by atoms with Crippen molar-refractivity contribution < 1.29 is 18.9 Å². The maximum Gasteiger partial charge on any atom is 0.294 e. The molecule has 12 heteroatoms. The smallest absolute Gasteiger partial charge is 0.294 e. The molecule has 4 aromatic rings. The van der Waals surface area contributed by atoms with Crippen LogP contribution in [-0.4, -0.2) is 51.1 Å². The molecule has 33 heavy (non-hydrogen) atoms. The number of carbonyl (C=O) groups is 1. The fourth-order valence-corrected chi connectivity index (χ4v) is 2.99. The molecule has 0 fully saturated rings. The minimum absolute atomic E-state index is 0.00192. The van der Waals surface area contributed by atoms with Crippen LogP contribution in [-0.2, 0) is 0 Å². The van der Waals surface area contributed by atoms with E-state index in [0.717, 1.165) is 5.56 Å². The van der Waals surface area contributed by atoms with Gasteiger partial charge in [-0.3, -0.25) is 4.79 Å². The number of hydrogen-bond acceptors (Lipinski definition) is 10. The van der Waals surface area contributed by atoms with Gasteiger partial charge >= 0.3 is 0 Å². The lowest BCUT2D eigenvalue weighted by molar-refractivity contribution is 0.0950. The van der Waals surface area contributed by atoms with Crippen molar-refractivity contribution in [3.8, 4) is 28.6 Å². The highest BCUT2D eigenvalue weighted by molar-refractivity contribution is 5.99. The molecular weight excluding hydrogens is 428 g/mol. The lowest BCUT2D eigenvalue weighted by Crippen LogP contribution is -2.19. The molecule has 0 aliphatic rings. The van der Waals surface area contributed by atoms with Gasteiger partial charge in [0.05, 0.1) is 19.9 Å². The number of hydrogen-bond donors (Lipinski definition) is 2. The molecule has 0 atom stereocenters. The van der Waals surface area contributed by atoms with E-state index < -0.39 is 5.91 Å². The average Bonchev–Trinajstić information content (AvgIpc) is 3.46. The van der Waals surface area contributed by atoms with E-state index in [1.165, 1.54) is 10.9 Å². The Morgan fingerprint density at radius 3 is 2.73 bits per heavy atom. The van der Waals surface area contributed by atoms with Crippen LogP contribution < -0.4 is 20.6 Å². The number of carbonyl (C=O) groups excluding carboxylic acids is 1. The average molecular weight is 448 g/mol. The van der Waals surface area contributed by atoms with Crippen LogP contribution in [0.2, 0.25) is 0 Å². The first-order valence-corrected chi connectivity index (χ1v) is 9.85. The van der Waals surface area contributed by atoms with Crippen molar-refractivity contribution in [2.45, 2.75) is 6.92 Å². The van der Waals surface area contributed by atoms with Gasteiger partial charge in [-0.25, -0.2) is 10.1 Å². The van der Waals surface area contributed by atoms with E-state index in [1.54, 1.807) is 55.6 Å². The summed E-state index contributed by atoms with van der Waals surface area (Å²) in [6, 6.07) is 14.3. The number of nitrogens with one attached hydrogen (secondary N) is 1. The highest BCUT2D eigenvalue weighted by Gasteiger charge is 2.25. The zero-order chi connectivity index (χ0) is 23.2. The highest BCUT2D eigenvalue weighted by Crippen LogP contribution is 2.29. The van der Waals surface area contributed by atoms with Crippen molar-refractivity contribution in [1.29, 1.82) is 0 Å². The summed E-state index contributed by atoms with van der Waals surface area (Å²) in [5.74, 6) is 0.829. The van der Waals surface area contributed by atoms with Crippen LogP contribution >= 0.6 is 0 Å². The maximum atomic E-state index is 12.9. The standard InChI is InChI=1S/C21H20N8O4/c1-3-32-16-6-4-5-14(11-16)18-17(24-28-29(18)20-19(22)26-33-27-20)21(30)25-23-12-13-7-9-15(31-2)10-8-13/h4-12H,3H2,1-2H3,(H2,22,26)(H,25,30)/b23-12-. The van der Waals surface area contributed by atoms with Gasteiger partial charge in [0, 0.05) is 5.56 Å². The lowest BCUT2D eigenvalue weighted by Gasteiger charge is -2.08. The molecule has 2 aromatic heterocycles. The van der Waals surface area contributed by atoms with E-state index in [-0.39, 0.29) is 17.3 Å². The number of nitrogen functional groups attached to an aromatic ring is 1. The van der Waals surface area contributed by atoms with E-state index in [0.29, 0.717) is 29.4 Å². The Hall–Kier alpha value is -4.74. The second-order valence-electron chi connectivity index (χ2n) is 6.60. The molecule has 0 aliphatic heterocycles. The SMILES string of the molecule is CCOc1cccc(-c2c(C(=O)N/N=C\c3ccc(OC)cc3)nnn2-c2nonc2N)c1. The molecule has 4 rings (SSSR count). The van der Waals surface area contributed by atoms with Gasteiger partial charge in [0.1, 0.15) is 17.2 Å². The van der Waals surface area contributed by atoms with Gasteiger partial charge < -0.3 is 15.2 Å². The molecule has 1 amide bonds. The number of benzene rings is 2. The Labute approximate surface area is 188 Å². The number of ether oxygens (including phenoxy) is 2. The molecule has 0 aliphatic carbocycles. The van der Waals surface area contributed by atoms with Crippen molar-refractivity contribution in [2.24, 2.45) is 5.10 Å². The number of nitrogens with two attached hydrogens (primary N) is 1. The molecule has 12 nitrogen and oxygen atoms in total. The van der Waals surface area contributed by atoms with Crippen LogP contribution in [0.15, 0.2) is 58.3 Å². The Balaban J connectivity index is 1.66. The number of rotatable bonds is 8. The Morgan fingerprint density at radius 2 is 2.03 bits per heavy atom. The van der Waals surface area contributed by atoms with Crippen LogP contribution in [0, 0.1) is 0 Å². The number of aromatic nitrogens is 5. The molecule has 2 heterocycles. The summed E-state index contributed by atoms with van der Waals surface area (Å²) < 4.78 is 16.7. The fraction of sp³-hybridized carbons (Fsp3) is 0.143. The second-order valence-corrected chi connectivity index (χ2v) is 6.60. The zero-order valence-corrected chi connectivity index (χ0v) is 17.8. The number of hydrazone groups is 1. The van der Waals surface area contributed by atoms with E-state index in [2.05, 4.69) is 35.8 Å². The predicted octanol–water partition coefficient (Wildman–Crippen LogP) is 2.07. The highest BCUT2D eigenvalue weighted by atomic mass is 16.6. The minimum Gasteiger partial charge on any atom is -0.497 e. The van der Waals surface area contributed by atoms with Crippen LogP contribution in [0.5, 0.6) is 11.5 Å². The van der Waals surface area contributed by atoms with Crippen molar-refractivity contribution in [1.82, 2.24) is 30.7 Å². The first kappa shape index (κ1) is 21.5. The Bertz CT molecular complexity index is 1280. The minimum atomic E-state index is -0.585. The summed E-state index contributed by atoms with van der Waals surface area (Å²) in [6.45, 7) is 2.36. The van der Waals surface area contributed by atoms with Gasteiger partial charge in [-0.05, 0) is 59.2 Å². The van der Waals surface area contributed by atoms with Crippen molar-refractivity contribution in [3.63, 3.8) is 0 Å². The summed E-state index contributed by atoms with van der Waals surface area (Å²) in [4.78, 5) is 12.9. The van der Waals surface area contributed by atoms with Gasteiger partial charge in [-0.1, -0.05) is 17.3 Å². The normalized spacial score (nSPS) is 11.0. The van der Waals surface area contributed by atoms with Crippen molar-refractivity contribution >= 4 is 17.9 Å². The quantitative estimate of drug-likeness (QED) is 0.304. The number of anilines is 1. The van der Waals surface area contributed by atoms with E-state index in [4.69, 9.17) is 15.2 Å². The van der Waals surface area contributed by atoms with Crippen LogP contribution in [0.1, 0.15) is 23.0 Å². The zero-order valence-electron chi connectivity index (χ0n) is 17.8. The molecule has 2 aromatic carbocycles. The topological polar surface area (TPSA) is 156 Å². The molecule has 3 N–H and O–H groups in total. The molecule has 168 valence electrons. The summed E-state index contributed by atoms with van der Waals surface area (Å²) in [7, 11) is 1.58. The summed E-state index contributed by atoms with van der Waals surface area (Å²) in [6.07, 6.45) is 1.50. The molecule has 0 spiro atoms. The largest absolute Gasteiger partial charge is 0.497 e. The number of amides is 1. The van der Waals surface area contributed by atoms with Crippen molar-refractivity contribution in [2.75, 3.05) is 19.5 Å². The van der Waals surface area contributed by atoms with Crippen LogP contribution in [0.25, 0.3) is 17.1 Å². The fourth-order valence-electron chi connectivity index (χ4n) is 2.99. The number of nitrogens with zero attached hydrogens (tertiary/aromatic N) is 6. The Morgan fingerprint density at radius 1 is 1.21 bits per heavy atom. The third-order valence-corrected chi connectivity index (χ3v) is 4.50. The van der Waals surface area contributed by atoms with E-state index in [1.807, 2.05) is 6.92 Å². The molecule has 0 saturated heterocycles. The summed E-state index contributed by atoms with van der Waals surface area (Å²) in [5.41, 5.74) is 9.97. The van der Waals surface area contributed by atoms with Crippen molar-refractivity contribution in [3.05, 3.63) is 59.8 Å². The summed E-state index contributed by atoms with van der Waals surface area (Å²) in [5, 5.41) is 19.4. The van der Waals surface area contributed by atoms with Gasteiger partial charge in [0.2, 0.25) is 11.6 Å². The first-order valence-electron chi connectivity index (χ1n) is 9.85. The van der Waals surface area contributed by atoms with Gasteiger partial charge in [-0.15, -0.1) is 5.10 Å². The second kappa shape index (κ2) is 9.60. The molecule has 0 radical (unpaired) electrons. The lowest BCUT2D eigenvalue weighted by atomic mass is 10.1. The Kier molecular flexibility index (Phi) is 6.25. The molecule has 0 saturated carbocycles. The maximum absolute atomic E-state index is 12.9. The van der Waals surface area contributed by atoms with Crippen LogP contribution in [0.4, 0.5) is 5.82 Å². The van der Waals surface area contributed by atoms with Crippen LogP contribution in [0.3, 0.4) is 0 Å².